The number of hydrogen-bond donors (Lipinski definition) is 3. The van der Waals surface area contributed by atoms with Crippen molar-refractivity contribution in [2.75, 3.05) is 11.9 Å². The Morgan fingerprint density at radius 3 is 2.43 bits per heavy atom. The Kier molecular flexibility index (Phi) is 8.37. The van der Waals surface area contributed by atoms with Gasteiger partial charge in [0.1, 0.15) is 5.75 Å². The number of anilines is 1. The van der Waals surface area contributed by atoms with Crippen molar-refractivity contribution in [2.24, 2.45) is 5.10 Å². The second kappa shape index (κ2) is 11.0. The van der Waals surface area contributed by atoms with Gasteiger partial charge in [-0.2, -0.15) is 5.10 Å². The SMILES string of the molecule is Cc1ccc(NC(=O)COc2ccc(/C=N\NC(=O)C(=O)NC(C)C)cc2)cc1Cl. The summed E-state index contributed by atoms with van der Waals surface area (Å²) in [6, 6.07) is 11.8. The Hall–Kier alpha value is -3.39. The van der Waals surface area contributed by atoms with Gasteiger partial charge < -0.3 is 15.4 Å². The Labute approximate surface area is 179 Å². The Morgan fingerprint density at radius 2 is 1.80 bits per heavy atom. The average Bonchev–Trinajstić information content (AvgIpc) is 2.69. The number of aryl methyl sites for hydroxylation is 1. The minimum atomic E-state index is -0.846. The van der Waals surface area contributed by atoms with Crippen LogP contribution in [0.1, 0.15) is 25.0 Å². The number of carbonyl (C=O) groups is 3. The molecule has 0 aliphatic heterocycles. The molecule has 0 saturated heterocycles. The molecule has 3 amide bonds. The monoisotopic (exact) mass is 430 g/mol. The number of nitrogens with one attached hydrogen (secondary N) is 3. The third kappa shape index (κ3) is 7.56. The second-order valence-electron chi connectivity index (χ2n) is 6.70. The van der Waals surface area contributed by atoms with E-state index < -0.39 is 11.8 Å². The Balaban J connectivity index is 1.79. The molecular formula is C21H23ClN4O4. The highest BCUT2D eigenvalue weighted by atomic mass is 35.5. The van der Waals surface area contributed by atoms with Crippen molar-refractivity contribution in [1.29, 1.82) is 0 Å². The first-order valence-electron chi connectivity index (χ1n) is 9.17. The molecular weight excluding hydrogens is 408 g/mol. The largest absolute Gasteiger partial charge is 0.484 e. The van der Waals surface area contributed by atoms with Crippen molar-refractivity contribution >= 4 is 41.2 Å². The summed E-state index contributed by atoms with van der Waals surface area (Å²) in [4.78, 5) is 35.0. The van der Waals surface area contributed by atoms with E-state index in [0.717, 1.165) is 5.56 Å². The van der Waals surface area contributed by atoms with E-state index in [-0.39, 0.29) is 18.6 Å². The topological polar surface area (TPSA) is 109 Å². The lowest BCUT2D eigenvalue weighted by Crippen LogP contribution is -2.41. The summed E-state index contributed by atoms with van der Waals surface area (Å²) < 4.78 is 5.45. The molecule has 8 nitrogen and oxygen atoms in total. The van der Waals surface area contributed by atoms with Crippen molar-refractivity contribution in [3.8, 4) is 5.75 Å². The van der Waals surface area contributed by atoms with Gasteiger partial charge in [-0.05, 0) is 68.3 Å². The molecule has 158 valence electrons. The summed E-state index contributed by atoms with van der Waals surface area (Å²) in [5.74, 6) is -1.43. The van der Waals surface area contributed by atoms with Crippen molar-refractivity contribution in [2.45, 2.75) is 26.8 Å². The summed E-state index contributed by atoms with van der Waals surface area (Å²) in [5.41, 5.74) is 4.33. The van der Waals surface area contributed by atoms with E-state index in [9.17, 15) is 14.4 Å². The van der Waals surface area contributed by atoms with E-state index in [1.165, 1.54) is 6.21 Å². The molecule has 0 atom stereocenters. The Bertz CT molecular complexity index is 943. The van der Waals surface area contributed by atoms with E-state index in [1.807, 2.05) is 13.0 Å². The van der Waals surface area contributed by atoms with Gasteiger partial charge in [0, 0.05) is 16.8 Å². The van der Waals surface area contributed by atoms with E-state index in [1.54, 1.807) is 50.2 Å². The van der Waals surface area contributed by atoms with Crippen molar-refractivity contribution < 1.29 is 19.1 Å². The molecule has 0 aliphatic carbocycles. The maximum Gasteiger partial charge on any atom is 0.329 e. The first kappa shape index (κ1) is 22.9. The highest BCUT2D eigenvalue weighted by molar-refractivity contribution is 6.35. The quantitative estimate of drug-likeness (QED) is 0.356. The number of halogens is 1. The van der Waals surface area contributed by atoms with Gasteiger partial charge in [-0.25, -0.2) is 5.43 Å². The van der Waals surface area contributed by atoms with Crippen LogP contribution in [0.4, 0.5) is 5.69 Å². The van der Waals surface area contributed by atoms with Crippen LogP contribution in [0.2, 0.25) is 5.02 Å². The molecule has 0 spiro atoms. The third-order valence-corrected chi connectivity index (χ3v) is 4.12. The van der Waals surface area contributed by atoms with Gasteiger partial charge in [-0.1, -0.05) is 17.7 Å². The summed E-state index contributed by atoms with van der Waals surface area (Å²) in [6.07, 6.45) is 1.39. The minimum Gasteiger partial charge on any atom is -0.484 e. The van der Waals surface area contributed by atoms with Crippen molar-refractivity contribution in [3.63, 3.8) is 0 Å². The molecule has 2 aromatic rings. The van der Waals surface area contributed by atoms with Crippen LogP contribution in [0.5, 0.6) is 5.75 Å². The molecule has 0 aliphatic rings. The lowest BCUT2D eigenvalue weighted by atomic mass is 10.2. The molecule has 0 aromatic heterocycles. The number of ether oxygens (including phenoxy) is 1. The van der Waals surface area contributed by atoms with Gasteiger partial charge in [-0.15, -0.1) is 0 Å². The first-order valence-corrected chi connectivity index (χ1v) is 9.55. The zero-order valence-electron chi connectivity index (χ0n) is 16.9. The molecule has 0 bridgehead atoms. The zero-order valence-corrected chi connectivity index (χ0v) is 17.6. The normalized spacial score (nSPS) is 10.7. The lowest BCUT2D eigenvalue weighted by molar-refractivity contribution is -0.139. The van der Waals surface area contributed by atoms with Gasteiger partial charge in [0.05, 0.1) is 6.21 Å². The van der Waals surface area contributed by atoms with Gasteiger partial charge >= 0.3 is 11.8 Å². The van der Waals surface area contributed by atoms with Gasteiger partial charge in [0.25, 0.3) is 5.91 Å². The molecule has 3 N–H and O–H groups in total. The van der Waals surface area contributed by atoms with Gasteiger partial charge in [-0.3, -0.25) is 14.4 Å². The third-order valence-electron chi connectivity index (χ3n) is 3.71. The van der Waals surface area contributed by atoms with Crippen LogP contribution in [0.3, 0.4) is 0 Å². The van der Waals surface area contributed by atoms with Crippen LogP contribution in [-0.2, 0) is 14.4 Å². The summed E-state index contributed by atoms with van der Waals surface area (Å²) in [5, 5.41) is 9.47. The summed E-state index contributed by atoms with van der Waals surface area (Å²) >= 11 is 6.04. The average molecular weight is 431 g/mol. The van der Waals surface area contributed by atoms with E-state index in [2.05, 4.69) is 21.2 Å². The minimum absolute atomic E-state index is 0.142. The predicted octanol–water partition coefficient (Wildman–Crippen LogP) is 2.64. The van der Waals surface area contributed by atoms with Crippen LogP contribution in [0, 0.1) is 6.92 Å². The molecule has 2 aromatic carbocycles. The number of nitrogens with zero attached hydrogens (tertiary/aromatic N) is 1. The van der Waals surface area contributed by atoms with E-state index >= 15 is 0 Å². The second-order valence-corrected chi connectivity index (χ2v) is 7.10. The number of hydrazone groups is 1. The maximum atomic E-state index is 12.0. The van der Waals surface area contributed by atoms with E-state index in [4.69, 9.17) is 16.3 Å². The molecule has 30 heavy (non-hydrogen) atoms. The molecule has 0 fully saturated rings. The molecule has 9 heteroatoms. The van der Waals surface area contributed by atoms with Crippen molar-refractivity contribution in [1.82, 2.24) is 10.7 Å². The summed E-state index contributed by atoms with van der Waals surface area (Å²) in [7, 11) is 0. The lowest BCUT2D eigenvalue weighted by Gasteiger charge is -2.09. The van der Waals surface area contributed by atoms with Crippen LogP contribution >= 0.6 is 11.6 Å². The molecule has 0 unspecified atom stereocenters. The predicted molar refractivity (Wildman–Crippen MR) is 116 cm³/mol. The smallest absolute Gasteiger partial charge is 0.329 e. The Morgan fingerprint density at radius 1 is 1.10 bits per heavy atom. The first-order chi connectivity index (χ1) is 14.2. The molecule has 0 radical (unpaired) electrons. The number of amides is 3. The van der Waals surface area contributed by atoms with Crippen molar-refractivity contribution in [3.05, 3.63) is 58.6 Å². The van der Waals surface area contributed by atoms with Crippen LogP contribution in [-0.4, -0.2) is 36.6 Å². The number of rotatable bonds is 7. The van der Waals surface area contributed by atoms with Crippen LogP contribution in [0.15, 0.2) is 47.6 Å². The molecule has 0 heterocycles. The van der Waals surface area contributed by atoms with Gasteiger partial charge in [0.15, 0.2) is 6.61 Å². The fourth-order valence-corrected chi connectivity index (χ4v) is 2.39. The number of carbonyl (C=O) groups excluding carboxylic acids is 3. The highest BCUT2D eigenvalue weighted by Crippen LogP contribution is 2.20. The van der Waals surface area contributed by atoms with Crippen LogP contribution in [0.25, 0.3) is 0 Å². The molecule has 0 saturated carbocycles. The van der Waals surface area contributed by atoms with E-state index in [0.29, 0.717) is 22.0 Å². The summed E-state index contributed by atoms with van der Waals surface area (Å²) in [6.45, 7) is 5.21. The maximum absolute atomic E-state index is 12.0. The number of hydrogen-bond acceptors (Lipinski definition) is 5. The fourth-order valence-electron chi connectivity index (χ4n) is 2.21. The number of benzene rings is 2. The zero-order chi connectivity index (χ0) is 22.1. The van der Waals surface area contributed by atoms with Gasteiger partial charge in [0.2, 0.25) is 0 Å². The standard InChI is InChI=1S/C21H23ClN4O4/c1-13(2)24-20(28)21(29)26-23-11-15-5-8-17(9-6-15)30-12-19(27)25-16-7-4-14(3)18(22)10-16/h4-11,13H,12H2,1-3H3,(H,24,28)(H,25,27)(H,26,29)/b23-11-. The fraction of sp³-hybridized carbons (Fsp3) is 0.238. The highest BCUT2D eigenvalue weighted by Gasteiger charge is 2.12. The molecule has 2 rings (SSSR count). The van der Waals surface area contributed by atoms with Crippen LogP contribution < -0.4 is 20.8 Å².